The first-order valence-electron chi connectivity index (χ1n) is 10.9. The number of carboxylic acids is 1. The SMILES string of the molecule is O=C(O)Cc1ccccc1N1CC(NC2CCN(Cc3ccc(Cl)cc3)CC2)[C@H](O)C1. The number of aliphatic carboxylic acids is 1. The van der Waals surface area contributed by atoms with Gasteiger partial charge >= 0.3 is 5.97 Å². The summed E-state index contributed by atoms with van der Waals surface area (Å²) < 4.78 is 0. The van der Waals surface area contributed by atoms with Gasteiger partial charge in [-0.3, -0.25) is 9.69 Å². The fourth-order valence-corrected chi connectivity index (χ4v) is 4.81. The summed E-state index contributed by atoms with van der Waals surface area (Å²) in [5, 5.41) is 24.3. The smallest absolute Gasteiger partial charge is 0.307 e. The van der Waals surface area contributed by atoms with Gasteiger partial charge in [-0.15, -0.1) is 0 Å². The highest BCUT2D eigenvalue weighted by Gasteiger charge is 2.34. The molecule has 2 aromatic rings. The Kier molecular flexibility index (Phi) is 7.13. The third-order valence-electron chi connectivity index (χ3n) is 6.32. The second-order valence-electron chi connectivity index (χ2n) is 8.62. The Hall–Kier alpha value is -2.12. The Morgan fingerprint density at radius 2 is 1.77 bits per heavy atom. The summed E-state index contributed by atoms with van der Waals surface area (Å²) in [7, 11) is 0. The van der Waals surface area contributed by atoms with E-state index in [4.69, 9.17) is 11.6 Å². The van der Waals surface area contributed by atoms with Crippen molar-refractivity contribution in [1.29, 1.82) is 0 Å². The molecule has 31 heavy (non-hydrogen) atoms. The minimum absolute atomic E-state index is 0.00700. The van der Waals surface area contributed by atoms with Crippen molar-refractivity contribution < 1.29 is 15.0 Å². The van der Waals surface area contributed by atoms with Crippen molar-refractivity contribution in [2.45, 2.75) is 44.0 Å². The van der Waals surface area contributed by atoms with E-state index in [1.54, 1.807) is 0 Å². The van der Waals surface area contributed by atoms with E-state index >= 15 is 0 Å². The number of rotatable bonds is 7. The third kappa shape index (κ3) is 5.77. The van der Waals surface area contributed by atoms with Gasteiger partial charge in [0.25, 0.3) is 0 Å². The van der Waals surface area contributed by atoms with Gasteiger partial charge < -0.3 is 20.4 Å². The number of carboxylic acid groups (broad SMARTS) is 1. The standard InChI is InChI=1S/C24H30ClN3O3/c25-19-7-5-17(6-8-19)14-27-11-9-20(10-12-27)26-21-15-28(16-23(21)29)22-4-2-1-3-18(22)13-24(30)31/h1-8,20-21,23,26,29H,9-16H2,(H,30,31)/t21?,23-/m1/s1. The molecule has 166 valence electrons. The van der Waals surface area contributed by atoms with Gasteiger partial charge in [0, 0.05) is 36.4 Å². The molecule has 0 aromatic heterocycles. The van der Waals surface area contributed by atoms with Crippen molar-refractivity contribution in [3.63, 3.8) is 0 Å². The van der Waals surface area contributed by atoms with Crippen LogP contribution in [0.4, 0.5) is 5.69 Å². The fourth-order valence-electron chi connectivity index (χ4n) is 4.69. The highest BCUT2D eigenvalue weighted by atomic mass is 35.5. The molecule has 2 aliphatic heterocycles. The second-order valence-corrected chi connectivity index (χ2v) is 9.06. The van der Waals surface area contributed by atoms with Crippen LogP contribution in [0.1, 0.15) is 24.0 Å². The lowest BCUT2D eigenvalue weighted by atomic mass is 10.0. The summed E-state index contributed by atoms with van der Waals surface area (Å²) >= 11 is 5.97. The topological polar surface area (TPSA) is 76.0 Å². The van der Waals surface area contributed by atoms with Crippen molar-refractivity contribution in [1.82, 2.24) is 10.2 Å². The molecule has 0 saturated carbocycles. The summed E-state index contributed by atoms with van der Waals surface area (Å²) in [6, 6.07) is 16.0. The Balaban J connectivity index is 1.29. The van der Waals surface area contributed by atoms with Gasteiger partial charge in [-0.25, -0.2) is 0 Å². The maximum Gasteiger partial charge on any atom is 0.307 e. The third-order valence-corrected chi connectivity index (χ3v) is 6.57. The van der Waals surface area contributed by atoms with Crippen LogP contribution in [0.2, 0.25) is 5.02 Å². The number of halogens is 1. The van der Waals surface area contributed by atoms with Gasteiger partial charge in [0.05, 0.1) is 18.6 Å². The molecule has 0 aliphatic carbocycles. The lowest BCUT2D eigenvalue weighted by Crippen LogP contribution is -2.49. The molecule has 2 aromatic carbocycles. The van der Waals surface area contributed by atoms with E-state index in [1.807, 2.05) is 36.4 Å². The van der Waals surface area contributed by atoms with E-state index in [1.165, 1.54) is 5.56 Å². The molecule has 1 unspecified atom stereocenters. The van der Waals surface area contributed by atoms with Crippen LogP contribution in [0.5, 0.6) is 0 Å². The first-order valence-corrected chi connectivity index (χ1v) is 11.3. The molecule has 2 fully saturated rings. The molecule has 3 N–H and O–H groups in total. The zero-order valence-corrected chi connectivity index (χ0v) is 18.3. The highest BCUT2D eigenvalue weighted by molar-refractivity contribution is 6.30. The minimum atomic E-state index is -0.841. The maximum absolute atomic E-state index is 11.2. The van der Waals surface area contributed by atoms with Crippen LogP contribution >= 0.6 is 11.6 Å². The molecule has 0 spiro atoms. The predicted molar refractivity (Wildman–Crippen MR) is 123 cm³/mol. The Labute approximate surface area is 188 Å². The molecule has 4 rings (SSSR count). The number of likely N-dealkylation sites (tertiary alicyclic amines) is 1. The number of aliphatic hydroxyl groups is 1. The molecule has 6 nitrogen and oxygen atoms in total. The average Bonchev–Trinajstić information content (AvgIpc) is 3.11. The molecule has 2 atom stereocenters. The van der Waals surface area contributed by atoms with E-state index in [0.29, 0.717) is 19.1 Å². The summed E-state index contributed by atoms with van der Waals surface area (Å²) in [5.74, 6) is -0.841. The van der Waals surface area contributed by atoms with E-state index in [9.17, 15) is 15.0 Å². The number of piperidine rings is 1. The number of para-hydroxylation sites is 1. The van der Waals surface area contributed by atoms with E-state index < -0.39 is 12.1 Å². The lowest BCUT2D eigenvalue weighted by Gasteiger charge is -2.34. The predicted octanol–water partition coefficient (Wildman–Crippen LogP) is 2.77. The normalized spacial score (nSPS) is 22.7. The number of benzene rings is 2. The zero-order chi connectivity index (χ0) is 21.8. The highest BCUT2D eigenvalue weighted by Crippen LogP contribution is 2.26. The average molecular weight is 444 g/mol. The second kappa shape index (κ2) is 10.0. The first kappa shape index (κ1) is 22.1. The van der Waals surface area contributed by atoms with Crippen molar-refractivity contribution >= 4 is 23.3 Å². The molecule has 0 amide bonds. The molecular formula is C24H30ClN3O3. The zero-order valence-electron chi connectivity index (χ0n) is 17.6. The Morgan fingerprint density at radius 1 is 1.06 bits per heavy atom. The number of hydrogen-bond donors (Lipinski definition) is 3. The number of β-amino-alcohol motifs (C(OH)–C–C–N with tert-alkyl or cyclic N) is 1. The molecule has 2 aliphatic rings. The van der Waals surface area contributed by atoms with Crippen LogP contribution in [0, 0.1) is 0 Å². The van der Waals surface area contributed by atoms with E-state index in [0.717, 1.165) is 48.7 Å². The van der Waals surface area contributed by atoms with Crippen LogP contribution in [0.3, 0.4) is 0 Å². The Bertz CT molecular complexity index is 884. The van der Waals surface area contributed by atoms with Crippen LogP contribution < -0.4 is 10.2 Å². The van der Waals surface area contributed by atoms with Crippen molar-refractivity contribution in [2.24, 2.45) is 0 Å². The fraction of sp³-hybridized carbons (Fsp3) is 0.458. The van der Waals surface area contributed by atoms with Gasteiger partial charge in [0.2, 0.25) is 0 Å². The van der Waals surface area contributed by atoms with Gasteiger partial charge in [-0.05, 0) is 55.3 Å². The van der Waals surface area contributed by atoms with Gasteiger partial charge in [0.1, 0.15) is 0 Å². The van der Waals surface area contributed by atoms with Crippen LogP contribution in [-0.2, 0) is 17.8 Å². The largest absolute Gasteiger partial charge is 0.481 e. The maximum atomic E-state index is 11.2. The van der Waals surface area contributed by atoms with Gasteiger partial charge in [-0.2, -0.15) is 0 Å². The molecule has 2 saturated heterocycles. The van der Waals surface area contributed by atoms with Crippen LogP contribution in [0.15, 0.2) is 48.5 Å². The van der Waals surface area contributed by atoms with Crippen LogP contribution in [0.25, 0.3) is 0 Å². The van der Waals surface area contributed by atoms with Crippen molar-refractivity contribution in [2.75, 3.05) is 31.1 Å². The number of hydrogen-bond acceptors (Lipinski definition) is 5. The van der Waals surface area contributed by atoms with E-state index in [-0.39, 0.29) is 12.5 Å². The number of aliphatic hydroxyl groups excluding tert-OH is 1. The molecule has 7 heteroatoms. The number of anilines is 1. The summed E-state index contributed by atoms with van der Waals surface area (Å²) in [6.07, 6.45) is 1.62. The molecule has 0 bridgehead atoms. The lowest BCUT2D eigenvalue weighted by molar-refractivity contribution is -0.136. The quantitative estimate of drug-likeness (QED) is 0.611. The number of carbonyl (C=O) groups is 1. The number of nitrogens with one attached hydrogen (secondary N) is 1. The van der Waals surface area contributed by atoms with Crippen molar-refractivity contribution in [3.05, 3.63) is 64.7 Å². The van der Waals surface area contributed by atoms with Gasteiger partial charge in [-0.1, -0.05) is 41.9 Å². The number of nitrogens with zero attached hydrogens (tertiary/aromatic N) is 2. The van der Waals surface area contributed by atoms with E-state index in [2.05, 4.69) is 27.2 Å². The van der Waals surface area contributed by atoms with Gasteiger partial charge in [0.15, 0.2) is 0 Å². The first-order chi connectivity index (χ1) is 15.0. The summed E-state index contributed by atoms with van der Waals surface area (Å²) in [6.45, 7) is 4.18. The summed E-state index contributed by atoms with van der Waals surface area (Å²) in [4.78, 5) is 15.8. The summed E-state index contributed by atoms with van der Waals surface area (Å²) in [5.41, 5.74) is 2.97. The minimum Gasteiger partial charge on any atom is -0.481 e. The molecular weight excluding hydrogens is 414 g/mol. The monoisotopic (exact) mass is 443 g/mol. The molecule has 0 radical (unpaired) electrons. The van der Waals surface area contributed by atoms with Crippen molar-refractivity contribution in [3.8, 4) is 0 Å². The Morgan fingerprint density at radius 3 is 2.48 bits per heavy atom. The van der Waals surface area contributed by atoms with Crippen LogP contribution in [-0.4, -0.2) is 65.4 Å². The molecule has 2 heterocycles.